The third kappa shape index (κ3) is 4.32. The SMILES string of the molecule is O=C(NCc1ccccc1)N1C[C@@H](c2ccc(F)cc2)C(c2ccc(F)cc2)=N1. The van der Waals surface area contributed by atoms with Gasteiger partial charge in [0.1, 0.15) is 11.6 Å². The van der Waals surface area contributed by atoms with E-state index in [-0.39, 0.29) is 23.6 Å². The monoisotopic (exact) mass is 391 g/mol. The molecule has 0 spiro atoms. The molecule has 4 rings (SSSR count). The maximum atomic E-state index is 13.4. The topological polar surface area (TPSA) is 44.7 Å². The van der Waals surface area contributed by atoms with Crippen LogP contribution in [0, 0.1) is 11.6 Å². The number of carbonyl (C=O) groups is 1. The molecule has 29 heavy (non-hydrogen) atoms. The molecule has 2 amide bonds. The fraction of sp³-hybridized carbons (Fsp3) is 0.130. The van der Waals surface area contributed by atoms with Gasteiger partial charge in [-0.25, -0.2) is 18.6 Å². The van der Waals surface area contributed by atoms with Crippen molar-refractivity contribution >= 4 is 11.7 Å². The van der Waals surface area contributed by atoms with Gasteiger partial charge in [-0.05, 0) is 41.0 Å². The molecule has 1 N–H and O–H groups in total. The second kappa shape index (κ2) is 8.22. The first-order chi connectivity index (χ1) is 14.1. The van der Waals surface area contributed by atoms with Crippen molar-refractivity contribution in [3.63, 3.8) is 0 Å². The average molecular weight is 391 g/mol. The van der Waals surface area contributed by atoms with Crippen molar-refractivity contribution in [1.82, 2.24) is 10.3 Å². The zero-order chi connectivity index (χ0) is 20.2. The van der Waals surface area contributed by atoms with Crippen LogP contribution in [0.4, 0.5) is 13.6 Å². The Balaban J connectivity index is 1.57. The second-order valence-corrected chi connectivity index (χ2v) is 6.82. The number of urea groups is 1. The maximum absolute atomic E-state index is 13.4. The van der Waals surface area contributed by atoms with Crippen LogP contribution in [-0.2, 0) is 6.54 Å². The lowest BCUT2D eigenvalue weighted by atomic mass is 9.90. The van der Waals surface area contributed by atoms with Gasteiger partial charge in [0.2, 0.25) is 0 Å². The summed E-state index contributed by atoms with van der Waals surface area (Å²) in [5.41, 5.74) is 3.19. The summed E-state index contributed by atoms with van der Waals surface area (Å²) in [6.45, 7) is 0.706. The summed E-state index contributed by atoms with van der Waals surface area (Å²) in [4.78, 5) is 12.7. The molecule has 1 atom stereocenters. The van der Waals surface area contributed by atoms with Crippen molar-refractivity contribution < 1.29 is 13.6 Å². The molecule has 1 aliphatic rings. The van der Waals surface area contributed by atoms with Gasteiger partial charge in [-0.3, -0.25) is 0 Å². The summed E-state index contributed by atoms with van der Waals surface area (Å²) in [7, 11) is 0. The summed E-state index contributed by atoms with van der Waals surface area (Å²) < 4.78 is 26.7. The molecule has 6 heteroatoms. The van der Waals surface area contributed by atoms with Crippen LogP contribution in [0.15, 0.2) is 84.0 Å². The number of hydrogen-bond acceptors (Lipinski definition) is 2. The van der Waals surface area contributed by atoms with E-state index in [2.05, 4.69) is 10.4 Å². The highest BCUT2D eigenvalue weighted by Crippen LogP contribution is 2.29. The predicted octanol–water partition coefficient (Wildman–Crippen LogP) is 4.68. The molecular formula is C23H19F2N3O. The van der Waals surface area contributed by atoms with Crippen molar-refractivity contribution in [2.24, 2.45) is 5.10 Å². The average Bonchev–Trinajstić information content (AvgIpc) is 3.19. The number of nitrogens with one attached hydrogen (secondary N) is 1. The molecular weight excluding hydrogens is 372 g/mol. The highest BCUT2D eigenvalue weighted by molar-refractivity contribution is 6.07. The molecule has 0 saturated heterocycles. The third-order valence-corrected chi connectivity index (χ3v) is 4.85. The van der Waals surface area contributed by atoms with E-state index in [9.17, 15) is 13.6 Å². The molecule has 0 fully saturated rings. The van der Waals surface area contributed by atoms with E-state index in [1.54, 1.807) is 24.3 Å². The Morgan fingerprint density at radius 2 is 1.55 bits per heavy atom. The summed E-state index contributed by atoms with van der Waals surface area (Å²) in [5.74, 6) is -0.906. The highest BCUT2D eigenvalue weighted by Gasteiger charge is 2.32. The molecule has 1 aliphatic heterocycles. The lowest BCUT2D eigenvalue weighted by Gasteiger charge is -2.16. The van der Waals surface area contributed by atoms with Gasteiger partial charge in [-0.15, -0.1) is 0 Å². The van der Waals surface area contributed by atoms with E-state index in [4.69, 9.17) is 0 Å². The number of hydrogen-bond donors (Lipinski definition) is 1. The second-order valence-electron chi connectivity index (χ2n) is 6.82. The molecule has 0 unspecified atom stereocenters. The Bertz CT molecular complexity index is 1020. The van der Waals surface area contributed by atoms with Gasteiger partial charge in [-0.2, -0.15) is 5.10 Å². The Morgan fingerprint density at radius 1 is 0.931 bits per heavy atom. The van der Waals surface area contributed by atoms with Crippen molar-refractivity contribution in [2.75, 3.05) is 6.54 Å². The van der Waals surface area contributed by atoms with Gasteiger partial charge in [0.15, 0.2) is 0 Å². The zero-order valence-corrected chi connectivity index (χ0v) is 15.6. The Kier molecular flexibility index (Phi) is 5.33. The van der Waals surface area contributed by atoms with Crippen molar-refractivity contribution in [2.45, 2.75) is 12.5 Å². The first kappa shape index (κ1) is 18.8. The molecule has 3 aromatic carbocycles. The largest absolute Gasteiger partial charge is 0.338 e. The van der Waals surface area contributed by atoms with Crippen LogP contribution in [0.25, 0.3) is 0 Å². The van der Waals surface area contributed by atoms with Crippen molar-refractivity contribution in [3.05, 3.63) is 107 Å². The van der Waals surface area contributed by atoms with Crippen LogP contribution >= 0.6 is 0 Å². The van der Waals surface area contributed by atoms with Gasteiger partial charge in [0.25, 0.3) is 0 Å². The minimum Gasteiger partial charge on any atom is -0.332 e. The lowest BCUT2D eigenvalue weighted by Crippen LogP contribution is -2.35. The molecule has 1 heterocycles. The minimum absolute atomic E-state index is 0.233. The maximum Gasteiger partial charge on any atom is 0.338 e. The Morgan fingerprint density at radius 3 is 2.21 bits per heavy atom. The van der Waals surface area contributed by atoms with E-state index in [1.165, 1.54) is 29.3 Å². The van der Waals surface area contributed by atoms with Crippen LogP contribution in [0.2, 0.25) is 0 Å². The summed E-state index contributed by atoms with van der Waals surface area (Å²) in [5, 5.41) is 8.74. The van der Waals surface area contributed by atoms with Crippen LogP contribution in [0.1, 0.15) is 22.6 Å². The van der Waals surface area contributed by atoms with E-state index < -0.39 is 0 Å². The molecule has 0 aromatic heterocycles. The zero-order valence-electron chi connectivity index (χ0n) is 15.6. The summed E-state index contributed by atoms with van der Waals surface area (Å²) >= 11 is 0. The first-order valence-electron chi connectivity index (χ1n) is 9.29. The fourth-order valence-corrected chi connectivity index (χ4v) is 3.33. The number of amides is 2. The van der Waals surface area contributed by atoms with E-state index >= 15 is 0 Å². The quantitative estimate of drug-likeness (QED) is 0.690. The van der Waals surface area contributed by atoms with Crippen LogP contribution in [0.3, 0.4) is 0 Å². The Hall–Kier alpha value is -3.54. The Labute approximate surface area is 167 Å². The summed E-state index contributed by atoms with van der Waals surface area (Å²) in [6, 6.07) is 21.4. The van der Waals surface area contributed by atoms with E-state index in [0.29, 0.717) is 18.8 Å². The smallest absolute Gasteiger partial charge is 0.332 e. The molecule has 0 radical (unpaired) electrons. The highest BCUT2D eigenvalue weighted by atomic mass is 19.1. The van der Waals surface area contributed by atoms with Gasteiger partial charge < -0.3 is 5.32 Å². The van der Waals surface area contributed by atoms with Crippen molar-refractivity contribution in [3.8, 4) is 0 Å². The van der Waals surface area contributed by atoms with Crippen molar-refractivity contribution in [1.29, 1.82) is 0 Å². The van der Waals surface area contributed by atoms with Gasteiger partial charge in [-0.1, -0.05) is 54.6 Å². The lowest BCUT2D eigenvalue weighted by molar-refractivity contribution is 0.203. The number of halogens is 2. The van der Waals surface area contributed by atoms with Gasteiger partial charge >= 0.3 is 6.03 Å². The molecule has 0 bridgehead atoms. The van der Waals surface area contributed by atoms with Gasteiger partial charge in [0.05, 0.1) is 12.3 Å². The van der Waals surface area contributed by atoms with Crippen LogP contribution in [0.5, 0.6) is 0 Å². The number of hydrazone groups is 1. The van der Waals surface area contributed by atoms with Gasteiger partial charge in [0, 0.05) is 12.5 Å². The standard InChI is InChI=1S/C23H19F2N3O/c24-19-10-6-17(7-11-19)21-15-28(23(29)26-14-16-4-2-1-3-5-16)27-22(21)18-8-12-20(25)13-9-18/h1-13,21H,14-15H2,(H,26,29)/t21-/m0/s1. The molecule has 4 nitrogen and oxygen atoms in total. The number of rotatable bonds is 4. The van der Waals surface area contributed by atoms with E-state index in [0.717, 1.165) is 16.7 Å². The molecule has 146 valence electrons. The van der Waals surface area contributed by atoms with Crippen LogP contribution in [-0.4, -0.2) is 23.3 Å². The first-order valence-corrected chi connectivity index (χ1v) is 9.29. The molecule has 0 aliphatic carbocycles. The number of benzene rings is 3. The van der Waals surface area contributed by atoms with E-state index in [1.807, 2.05) is 30.3 Å². The fourth-order valence-electron chi connectivity index (χ4n) is 3.33. The number of carbonyl (C=O) groups excluding carboxylic acids is 1. The molecule has 0 saturated carbocycles. The van der Waals surface area contributed by atoms with Crippen LogP contribution < -0.4 is 5.32 Å². The predicted molar refractivity (Wildman–Crippen MR) is 107 cm³/mol. The summed E-state index contributed by atoms with van der Waals surface area (Å²) in [6.07, 6.45) is 0. The normalized spacial score (nSPS) is 15.9. The molecule has 3 aromatic rings. The third-order valence-electron chi connectivity index (χ3n) is 4.85. The minimum atomic E-state index is -0.344. The number of nitrogens with zero attached hydrogens (tertiary/aromatic N) is 2.